The number of carbonyl (C=O) groups is 1. The minimum Gasteiger partial charge on any atom is -0.480 e. The molecule has 0 amide bonds. The smallest absolute Gasteiger partial charge is 0.328 e. The molecule has 1 aromatic rings. The number of aliphatic carboxylic acids is 1. The molecular formula is C21H34N2O2. The highest BCUT2D eigenvalue weighted by atomic mass is 16.4. The quantitative estimate of drug-likeness (QED) is 0.440. The molecule has 1 unspecified atom stereocenters. The summed E-state index contributed by atoms with van der Waals surface area (Å²) in [6, 6.07) is 9.34. The number of rotatable bonds is 11. The molecule has 1 rings (SSSR count). The summed E-state index contributed by atoms with van der Waals surface area (Å²) in [6.07, 6.45) is 9.29. The fourth-order valence-electron chi connectivity index (χ4n) is 2.28. The third-order valence-electron chi connectivity index (χ3n) is 3.61. The van der Waals surface area contributed by atoms with Crippen LogP contribution in [0.4, 0.5) is 0 Å². The Morgan fingerprint density at radius 3 is 2.44 bits per heavy atom. The summed E-state index contributed by atoms with van der Waals surface area (Å²) >= 11 is 0. The summed E-state index contributed by atoms with van der Waals surface area (Å²) in [5.74, 6) is -0.887. The Bertz CT molecular complexity index is 510. The Hall–Kier alpha value is -1.94. The maximum absolute atomic E-state index is 11.3. The molecule has 3 N–H and O–H groups in total. The number of unbranched alkanes of at least 4 members (excludes halogenated alkanes) is 2. The summed E-state index contributed by atoms with van der Waals surface area (Å²) < 4.78 is 0. The predicted octanol–water partition coefficient (Wildman–Crippen LogP) is 4.94. The molecule has 0 aliphatic carbocycles. The van der Waals surface area contributed by atoms with Crippen molar-refractivity contribution in [3.05, 3.63) is 41.5 Å². The van der Waals surface area contributed by atoms with E-state index in [0.717, 1.165) is 36.8 Å². The Morgan fingerprint density at radius 2 is 1.88 bits per heavy atom. The van der Waals surface area contributed by atoms with Crippen molar-refractivity contribution in [3.63, 3.8) is 0 Å². The Kier molecular flexibility index (Phi) is 14.4. The molecule has 0 aliphatic rings. The summed E-state index contributed by atoms with van der Waals surface area (Å²) in [5, 5.41) is 9.24. The van der Waals surface area contributed by atoms with Crippen LogP contribution in [0.3, 0.4) is 0 Å². The van der Waals surface area contributed by atoms with E-state index in [0.29, 0.717) is 19.4 Å². The highest BCUT2D eigenvalue weighted by Crippen LogP contribution is 2.13. The molecule has 0 spiro atoms. The summed E-state index contributed by atoms with van der Waals surface area (Å²) in [7, 11) is 0. The van der Waals surface area contributed by atoms with Crippen LogP contribution in [0.5, 0.6) is 0 Å². The summed E-state index contributed by atoms with van der Waals surface area (Å²) in [5.41, 5.74) is 7.64. The van der Waals surface area contributed by atoms with E-state index in [-0.39, 0.29) is 0 Å². The van der Waals surface area contributed by atoms with Crippen LogP contribution in [-0.4, -0.2) is 29.9 Å². The number of benzene rings is 1. The van der Waals surface area contributed by atoms with Gasteiger partial charge >= 0.3 is 5.97 Å². The zero-order valence-corrected chi connectivity index (χ0v) is 15.9. The number of carboxylic acids is 1. The third-order valence-corrected chi connectivity index (χ3v) is 3.61. The highest BCUT2D eigenvalue weighted by Gasteiger charge is 2.14. The number of carboxylic acid groups (broad SMARTS) is 1. The molecule has 0 aliphatic heterocycles. The fourth-order valence-corrected chi connectivity index (χ4v) is 2.28. The lowest BCUT2D eigenvalue weighted by atomic mass is 10.0. The number of nitrogens with zero attached hydrogens (tertiary/aromatic N) is 1. The Labute approximate surface area is 152 Å². The first kappa shape index (κ1) is 23.1. The van der Waals surface area contributed by atoms with E-state index < -0.39 is 12.0 Å². The van der Waals surface area contributed by atoms with E-state index in [1.165, 1.54) is 0 Å². The van der Waals surface area contributed by atoms with Crippen LogP contribution in [0, 0.1) is 0 Å². The average molecular weight is 347 g/mol. The lowest BCUT2D eigenvalue weighted by molar-refractivity contribution is -0.138. The minimum absolute atomic E-state index is 0.482. The average Bonchev–Trinajstić information content (AvgIpc) is 2.64. The second kappa shape index (κ2) is 15.6. The second-order valence-corrected chi connectivity index (χ2v) is 5.65. The van der Waals surface area contributed by atoms with Gasteiger partial charge in [0.15, 0.2) is 0 Å². The first-order valence-electron chi connectivity index (χ1n) is 9.39. The monoisotopic (exact) mass is 346 g/mol. The van der Waals surface area contributed by atoms with Gasteiger partial charge in [-0.2, -0.15) is 0 Å². The number of hydrogen-bond acceptors (Lipinski definition) is 3. The third kappa shape index (κ3) is 11.3. The van der Waals surface area contributed by atoms with Gasteiger partial charge in [-0.1, -0.05) is 70.0 Å². The number of allylic oxidation sites excluding steroid dienone is 1. The highest BCUT2D eigenvalue weighted by molar-refractivity contribution is 5.87. The second-order valence-electron chi connectivity index (χ2n) is 5.65. The first-order valence-corrected chi connectivity index (χ1v) is 9.39. The molecule has 4 heteroatoms. The van der Waals surface area contributed by atoms with E-state index in [9.17, 15) is 9.90 Å². The topological polar surface area (TPSA) is 75.7 Å². The maximum atomic E-state index is 11.3. The molecular weight excluding hydrogens is 312 g/mol. The molecule has 0 radical (unpaired) electrons. The van der Waals surface area contributed by atoms with Gasteiger partial charge in [0.05, 0.1) is 0 Å². The van der Waals surface area contributed by atoms with Crippen LogP contribution in [0.15, 0.2) is 40.9 Å². The zero-order chi connectivity index (χ0) is 18.9. The molecule has 0 bridgehead atoms. The van der Waals surface area contributed by atoms with E-state index in [4.69, 9.17) is 5.73 Å². The molecule has 4 nitrogen and oxygen atoms in total. The standard InChI is InChI=1S/C19H28N2O2.C2H6/c1-2-3-5-11-17(14-16-9-6-4-7-10-16)15-21-18(19(22)23)12-8-13-20;1-2/h4,6-7,9-10,14-15,18H,2-3,5,8,11-13,20H2,1H3,(H,22,23);1-2H3/b17-14+,21-15?;. The SMILES string of the molecule is CC.CCCCC/C(C=NC(CCCN)C(=O)O)=C\c1ccccc1. The maximum Gasteiger partial charge on any atom is 0.328 e. The molecule has 0 fully saturated rings. The van der Waals surface area contributed by atoms with Crippen molar-refractivity contribution in [2.24, 2.45) is 10.7 Å². The van der Waals surface area contributed by atoms with E-state index in [1.807, 2.05) is 44.2 Å². The van der Waals surface area contributed by atoms with Crippen LogP contribution in [0.1, 0.15) is 64.9 Å². The predicted molar refractivity (Wildman–Crippen MR) is 108 cm³/mol. The van der Waals surface area contributed by atoms with Gasteiger partial charge in [0, 0.05) is 6.21 Å². The van der Waals surface area contributed by atoms with Crippen LogP contribution in [-0.2, 0) is 4.79 Å². The van der Waals surface area contributed by atoms with Crippen molar-refractivity contribution >= 4 is 18.3 Å². The molecule has 1 aromatic carbocycles. The van der Waals surface area contributed by atoms with Crippen LogP contribution in [0.2, 0.25) is 0 Å². The molecule has 1 atom stereocenters. The molecule has 140 valence electrons. The van der Waals surface area contributed by atoms with Gasteiger partial charge in [0.2, 0.25) is 0 Å². The van der Waals surface area contributed by atoms with Crippen LogP contribution in [0.25, 0.3) is 6.08 Å². The van der Waals surface area contributed by atoms with Gasteiger partial charge in [-0.05, 0) is 43.4 Å². The Balaban J connectivity index is 0.00000277. The van der Waals surface area contributed by atoms with Gasteiger partial charge in [-0.15, -0.1) is 0 Å². The first-order chi connectivity index (χ1) is 12.2. The normalized spacial score (nSPS) is 12.6. The van der Waals surface area contributed by atoms with Crippen molar-refractivity contribution in [1.82, 2.24) is 0 Å². The summed E-state index contributed by atoms with van der Waals surface area (Å²) in [4.78, 5) is 15.6. The van der Waals surface area contributed by atoms with Gasteiger partial charge in [-0.3, -0.25) is 4.99 Å². The Morgan fingerprint density at radius 1 is 1.20 bits per heavy atom. The molecule has 25 heavy (non-hydrogen) atoms. The van der Waals surface area contributed by atoms with Gasteiger partial charge in [0.25, 0.3) is 0 Å². The largest absolute Gasteiger partial charge is 0.480 e. The lowest BCUT2D eigenvalue weighted by Crippen LogP contribution is -2.19. The van der Waals surface area contributed by atoms with Crippen LogP contribution >= 0.6 is 0 Å². The number of aliphatic imine (C=N–C) groups is 1. The van der Waals surface area contributed by atoms with Gasteiger partial charge in [-0.25, -0.2) is 4.79 Å². The van der Waals surface area contributed by atoms with Crippen molar-refractivity contribution < 1.29 is 9.90 Å². The number of hydrogen-bond donors (Lipinski definition) is 2. The molecule has 0 aromatic heterocycles. The van der Waals surface area contributed by atoms with Crippen molar-refractivity contribution in [1.29, 1.82) is 0 Å². The van der Waals surface area contributed by atoms with Gasteiger partial charge < -0.3 is 10.8 Å². The summed E-state index contributed by atoms with van der Waals surface area (Å²) in [6.45, 7) is 6.66. The van der Waals surface area contributed by atoms with Crippen molar-refractivity contribution in [2.45, 2.75) is 65.3 Å². The zero-order valence-electron chi connectivity index (χ0n) is 15.9. The number of nitrogens with two attached hydrogens (primary N) is 1. The van der Waals surface area contributed by atoms with Crippen molar-refractivity contribution in [3.8, 4) is 0 Å². The van der Waals surface area contributed by atoms with E-state index in [2.05, 4.69) is 18.0 Å². The lowest BCUT2D eigenvalue weighted by Gasteiger charge is -2.07. The molecule has 0 heterocycles. The minimum atomic E-state index is -0.887. The molecule has 0 saturated heterocycles. The van der Waals surface area contributed by atoms with E-state index >= 15 is 0 Å². The van der Waals surface area contributed by atoms with Crippen molar-refractivity contribution in [2.75, 3.05) is 6.54 Å². The fraction of sp³-hybridized carbons (Fsp3) is 0.524. The van der Waals surface area contributed by atoms with Crippen LogP contribution < -0.4 is 5.73 Å². The van der Waals surface area contributed by atoms with Gasteiger partial charge in [0.1, 0.15) is 6.04 Å². The van der Waals surface area contributed by atoms with E-state index in [1.54, 1.807) is 6.21 Å². The molecule has 0 saturated carbocycles.